The van der Waals surface area contributed by atoms with E-state index in [9.17, 15) is 0 Å². The Bertz CT molecular complexity index is 1780. The fraction of sp³-hybridized carbons (Fsp3) is 0.353. The molecule has 0 aromatic heterocycles. The molecular formula is C51H64Zr-6. The summed E-state index contributed by atoms with van der Waals surface area (Å²) >= 11 is 1.30. The number of aryl methyl sites for hydroxylation is 2. The van der Waals surface area contributed by atoms with Gasteiger partial charge in [0.1, 0.15) is 0 Å². The maximum absolute atomic E-state index is 3.34. The summed E-state index contributed by atoms with van der Waals surface area (Å²) in [6.07, 6.45) is 5.09. The van der Waals surface area contributed by atoms with E-state index in [0.717, 1.165) is 0 Å². The fourth-order valence-electron chi connectivity index (χ4n) is 7.40. The minimum absolute atomic E-state index is 0. The third-order valence-electron chi connectivity index (χ3n) is 11.0. The van der Waals surface area contributed by atoms with Crippen molar-refractivity contribution in [1.29, 1.82) is 0 Å². The van der Waals surface area contributed by atoms with Crippen LogP contribution in [0.15, 0.2) is 109 Å². The maximum atomic E-state index is 3.34. The number of hydrogen-bond acceptors (Lipinski definition) is 0. The molecule has 0 amide bonds. The van der Waals surface area contributed by atoms with Crippen molar-refractivity contribution in [2.75, 3.05) is 0 Å². The van der Waals surface area contributed by atoms with Gasteiger partial charge in [0.15, 0.2) is 0 Å². The van der Waals surface area contributed by atoms with Gasteiger partial charge in [0.05, 0.1) is 0 Å². The summed E-state index contributed by atoms with van der Waals surface area (Å²) in [6, 6.07) is 44.3. The third kappa shape index (κ3) is 10.7. The first-order valence-electron chi connectivity index (χ1n) is 18.2. The Labute approximate surface area is 334 Å². The van der Waals surface area contributed by atoms with Gasteiger partial charge in [-0.25, -0.2) is 12.1 Å². The molecule has 8 rings (SSSR count). The van der Waals surface area contributed by atoms with Crippen molar-refractivity contribution < 1.29 is 24.2 Å². The van der Waals surface area contributed by atoms with Crippen LogP contribution in [-0.4, -0.2) is 4.21 Å². The second kappa shape index (κ2) is 18.7. The van der Waals surface area contributed by atoms with Crippen molar-refractivity contribution in [3.63, 3.8) is 0 Å². The molecule has 0 saturated carbocycles. The molecule has 278 valence electrons. The van der Waals surface area contributed by atoms with Crippen LogP contribution in [0.1, 0.15) is 114 Å². The zero-order valence-electron chi connectivity index (χ0n) is 34.4. The van der Waals surface area contributed by atoms with E-state index in [4.69, 9.17) is 0 Å². The normalized spacial score (nSPS) is 16.4. The van der Waals surface area contributed by atoms with Gasteiger partial charge in [-0.2, -0.15) is 90.0 Å². The van der Waals surface area contributed by atoms with Crippen LogP contribution >= 0.6 is 0 Å². The molecule has 6 aromatic rings. The van der Waals surface area contributed by atoms with E-state index in [-0.39, 0.29) is 36.5 Å². The summed E-state index contributed by atoms with van der Waals surface area (Å²) in [6.45, 7) is 23.6. The van der Waals surface area contributed by atoms with Crippen LogP contribution in [0.25, 0.3) is 21.5 Å². The number of rotatable bonds is 0. The van der Waals surface area contributed by atoms with Gasteiger partial charge in [0.2, 0.25) is 0 Å². The summed E-state index contributed by atoms with van der Waals surface area (Å²) in [4.78, 5) is 0. The van der Waals surface area contributed by atoms with E-state index in [0.29, 0.717) is 0 Å². The van der Waals surface area contributed by atoms with Gasteiger partial charge in [0.25, 0.3) is 0 Å². The van der Waals surface area contributed by atoms with Crippen molar-refractivity contribution in [3.8, 4) is 0 Å². The molecule has 0 unspecified atom stereocenters. The molecule has 1 heteroatoms. The number of fused-ring (bicyclic) bond motifs is 5. The Morgan fingerprint density at radius 3 is 1.04 bits per heavy atom. The van der Waals surface area contributed by atoms with Crippen LogP contribution in [0.3, 0.4) is 0 Å². The molecule has 0 bridgehead atoms. The quantitative estimate of drug-likeness (QED) is 0.135. The molecule has 0 N–H and O–H groups in total. The Morgan fingerprint density at radius 2 is 0.808 bits per heavy atom. The Hall–Kier alpha value is -3.15. The monoisotopic (exact) mass is 766 g/mol. The van der Waals surface area contributed by atoms with Crippen LogP contribution in [0, 0.1) is 40.8 Å². The Morgan fingerprint density at radius 1 is 0.519 bits per heavy atom. The maximum Gasteiger partial charge on any atom is -0.172 e. The standard InChI is InChI=1S/C29H37.2C7H7.C5H5.2CH3.CH2.Zr/c1-26(2)9-11-28(5,6)24-16-20-18(14-22(24)26)13-19-15-23-25(17-21(19)20)29(7,8)12-10-27(23,3)4;2*1-7-5-3-2-4-6-7;1-2-4-5-3-1;;;;/h13-17H,9-12H2,1-8H3;2*3-6H,1H3;1-5H;2*1H3;1H2;/q6*-1;;. The van der Waals surface area contributed by atoms with E-state index < -0.39 is 0 Å². The molecule has 0 heterocycles. The van der Waals surface area contributed by atoms with Gasteiger partial charge < -0.3 is 14.9 Å². The van der Waals surface area contributed by atoms with Gasteiger partial charge >= 0.3 is 28.4 Å². The molecule has 0 radical (unpaired) electrons. The van der Waals surface area contributed by atoms with E-state index in [1.807, 2.05) is 78.9 Å². The first-order valence-corrected chi connectivity index (χ1v) is 20.0. The van der Waals surface area contributed by atoms with Crippen LogP contribution in [0.2, 0.25) is 0 Å². The Balaban J connectivity index is 0.000000331. The summed E-state index contributed by atoms with van der Waals surface area (Å²) < 4.78 is 3.34. The third-order valence-corrected chi connectivity index (χ3v) is 11.0. The molecule has 0 aliphatic heterocycles. The van der Waals surface area contributed by atoms with E-state index in [1.165, 1.54) is 82.6 Å². The molecule has 52 heavy (non-hydrogen) atoms. The number of hydrogen-bond donors (Lipinski definition) is 0. The molecule has 0 saturated heterocycles. The zero-order chi connectivity index (χ0) is 36.7. The molecule has 2 aliphatic carbocycles. The van der Waals surface area contributed by atoms with Crippen molar-refractivity contribution in [2.45, 2.75) is 117 Å². The topological polar surface area (TPSA) is 0 Å². The van der Waals surface area contributed by atoms with E-state index in [2.05, 4.69) is 116 Å². The zero-order valence-corrected chi connectivity index (χ0v) is 36.9. The smallest absolute Gasteiger partial charge is 0.172 e. The van der Waals surface area contributed by atoms with Crippen LogP contribution < -0.4 is 0 Å². The predicted molar refractivity (Wildman–Crippen MR) is 230 cm³/mol. The minimum Gasteiger partial charge on any atom is -0.358 e. The average molecular weight is 768 g/mol. The van der Waals surface area contributed by atoms with Crippen molar-refractivity contribution in [2.24, 2.45) is 0 Å². The molecule has 0 fully saturated rings. The largest absolute Gasteiger partial charge is 0.358 e. The summed E-state index contributed by atoms with van der Waals surface area (Å²) in [5.41, 5.74) is 9.94. The van der Waals surface area contributed by atoms with E-state index >= 15 is 0 Å². The van der Waals surface area contributed by atoms with Gasteiger partial charge in [-0.1, -0.05) is 104 Å². The number of benzene rings is 4. The fourth-order valence-corrected chi connectivity index (χ4v) is 7.40. The van der Waals surface area contributed by atoms with Gasteiger partial charge in [-0.05, 0) is 47.3 Å². The Kier molecular flexibility index (Phi) is 16.2. The molecular weight excluding hydrogens is 704 g/mol. The molecule has 6 aromatic carbocycles. The average Bonchev–Trinajstić information content (AvgIpc) is 3.79. The van der Waals surface area contributed by atoms with Gasteiger partial charge in [-0.3, -0.25) is 0 Å². The summed E-state index contributed by atoms with van der Waals surface area (Å²) in [5, 5.41) is 5.79. The second-order valence-corrected chi connectivity index (χ2v) is 16.8. The van der Waals surface area contributed by atoms with Crippen molar-refractivity contribution in [1.82, 2.24) is 0 Å². The first-order chi connectivity index (χ1) is 23.6. The van der Waals surface area contributed by atoms with Crippen LogP contribution in [-0.2, 0) is 45.9 Å². The summed E-state index contributed by atoms with van der Waals surface area (Å²) in [7, 11) is 0. The van der Waals surface area contributed by atoms with Crippen LogP contribution in [0.4, 0.5) is 0 Å². The minimum atomic E-state index is 0. The SMILES string of the molecule is CC1(C)CCC(C)(C)c2cc3c(cc21)[cH-]c1cc2c(cc13)C(C)(C)CCC2(C)C.Cc1cc[c-]cc1.Cc1cc[c-]cc1.[CH2]=[Zr].[CH3-].[CH3-].c1cc[cH-]c1. The van der Waals surface area contributed by atoms with E-state index in [1.54, 1.807) is 22.3 Å². The predicted octanol–water partition coefficient (Wildman–Crippen LogP) is 14.3. The van der Waals surface area contributed by atoms with Gasteiger partial charge in [-0.15, -0.1) is 39.7 Å². The molecule has 0 nitrogen and oxygen atoms in total. The first kappa shape index (κ1) is 45.0. The molecule has 0 spiro atoms. The van der Waals surface area contributed by atoms with Gasteiger partial charge in [0, 0.05) is 0 Å². The molecule has 2 aliphatic rings. The molecule has 0 atom stereocenters. The van der Waals surface area contributed by atoms with Crippen molar-refractivity contribution >= 4 is 25.8 Å². The summed E-state index contributed by atoms with van der Waals surface area (Å²) in [5.74, 6) is 0. The van der Waals surface area contributed by atoms with Crippen LogP contribution in [0.5, 0.6) is 0 Å². The van der Waals surface area contributed by atoms with Crippen molar-refractivity contribution in [3.05, 3.63) is 170 Å². The second-order valence-electron chi connectivity index (χ2n) is 16.8.